The summed E-state index contributed by atoms with van der Waals surface area (Å²) >= 11 is 0. The molecule has 0 aromatic carbocycles. The largest absolute Gasteiger partial charge is 0.486 e. The zero-order chi connectivity index (χ0) is 19.4. The van der Waals surface area contributed by atoms with Crippen molar-refractivity contribution in [1.82, 2.24) is 4.98 Å². The lowest BCUT2D eigenvalue weighted by atomic mass is 9.91. The molecule has 4 rings (SSSR count). The van der Waals surface area contributed by atoms with Crippen LogP contribution in [0.25, 0.3) is 0 Å². The molecule has 2 heterocycles. The maximum absolute atomic E-state index is 12.2. The summed E-state index contributed by atoms with van der Waals surface area (Å²) in [6, 6.07) is 0. The smallest absolute Gasteiger partial charge is 0.254 e. The van der Waals surface area contributed by atoms with Crippen LogP contribution >= 0.6 is 0 Å². The molecular weight excluding hydrogens is 364 g/mol. The van der Waals surface area contributed by atoms with Crippen LogP contribution in [0, 0.1) is 5.92 Å². The van der Waals surface area contributed by atoms with Gasteiger partial charge in [0, 0.05) is 35.3 Å². The Morgan fingerprint density at radius 2 is 2.04 bits per heavy atom. The topological polar surface area (TPSA) is 99.4 Å². The molecule has 2 N–H and O–H groups in total. The fraction of sp³-hybridized carbons (Fsp3) is 0.600. The quantitative estimate of drug-likeness (QED) is 0.833. The Balaban J connectivity index is 1.76. The molecule has 7 heteroatoms. The molecule has 2 fully saturated rings. The van der Waals surface area contributed by atoms with Crippen LogP contribution in [0.2, 0.25) is 0 Å². The molecular formula is C20H26N2O4S. The highest BCUT2D eigenvalue weighted by Crippen LogP contribution is 2.48. The van der Waals surface area contributed by atoms with Gasteiger partial charge in [-0.15, -0.1) is 0 Å². The molecule has 3 aliphatic rings. The summed E-state index contributed by atoms with van der Waals surface area (Å²) in [5, 5.41) is 0. The van der Waals surface area contributed by atoms with E-state index in [4.69, 9.17) is 10.5 Å². The van der Waals surface area contributed by atoms with Crippen LogP contribution in [0.4, 0.5) is 0 Å². The van der Waals surface area contributed by atoms with E-state index in [2.05, 4.69) is 4.98 Å². The molecule has 0 saturated heterocycles. The van der Waals surface area contributed by atoms with Crippen molar-refractivity contribution < 1.29 is 17.9 Å². The predicted molar refractivity (Wildman–Crippen MR) is 102 cm³/mol. The maximum Gasteiger partial charge on any atom is 0.254 e. The molecule has 2 aliphatic carbocycles. The van der Waals surface area contributed by atoms with Crippen molar-refractivity contribution in [3.63, 3.8) is 0 Å². The zero-order valence-corrected chi connectivity index (χ0v) is 16.6. The lowest BCUT2D eigenvalue weighted by molar-refractivity contribution is 0.0939. The lowest BCUT2D eigenvalue weighted by Crippen LogP contribution is -2.30. The number of nitrogens with zero attached hydrogens (tertiary/aromatic N) is 1. The highest BCUT2D eigenvalue weighted by molar-refractivity contribution is 7.94. The summed E-state index contributed by atoms with van der Waals surface area (Å²) in [4.78, 5) is 16.9. The number of allylic oxidation sites excluding steroid dienone is 2. The number of nitrogens with two attached hydrogens (primary N) is 1. The van der Waals surface area contributed by atoms with Gasteiger partial charge in [-0.2, -0.15) is 0 Å². The first-order chi connectivity index (χ1) is 12.7. The molecule has 0 bridgehead atoms. The number of primary amides is 1. The van der Waals surface area contributed by atoms with E-state index in [-0.39, 0.29) is 17.4 Å². The van der Waals surface area contributed by atoms with E-state index in [1.807, 2.05) is 13.0 Å². The molecule has 1 amide bonds. The third kappa shape index (κ3) is 3.37. The second kappa shape index (κ2) is 6.33. The van der Waals surface area contributed by atoms with Gasteiger partial charge in [-0.05, 0) is 44.4 Å². The van der Waals surface area contributed by atoms with E-state index in [1.54, 1.807) is 0 Å². The summed E-state index contributed by atoms with van der Waals surface area (Å²) in [5.41, 5.74) is 7.30. The summed E-state index contributed by atoms with van der Waals surface area (Å²) in [6.07, 6.45) is 11.3. The summed E-state index contributed by atoms with van der Waals surface area (Å²) in [5.74, 6) is -0.0238. The van der Waals surface area contributed by atoms with E-state index < -0.39 is 15.7 Å². The summed E-state index contributed by atoms with van der Waals surface area (Å²) in [7, 11) is -3.23. The third-order valence-electron chi connectivity index (χ3n) is 6.01. The molecule has 1 aromatic rings. The highest BCUT2D eigenvalue weighted by Gasteiger charge is 2.45. The van der Waals surface area contributed by atoms with E-state index in [9.17, 15) is 13.2 Å². The van der Waals surface area contributed by atoms with Gasteiger partial charge in [-0.3, -0.25) is 9.78 Å². The van der Waals surface area contributed by atoms with Crippen molar-refractivity contribution in [1.29, 1.82) is 0 Å². The van der Waals surface area contributed by atoms with Gasteiger partial charge in [-0.1, -0.05) is 13.0 Å². The zero-order valence-electron chi connectivity index (χ0n) is 15.8. The van der Waals surface area contributed by atoms with E-state index in [1.165, 1.54) is 12.5 Å². The van der Waals surface area contributed by atoms with Crippen LogP contribution < -0.4 is 10.5 Å². The molecule has 1 atom stereocenters. The van der Waals surface area contributed by atoms with Crippen molar-refractivity contribution in [3.8, 4) is 5.75 Å². The van der Waals surface area contributed by atoms with Crippen molar-refractivity contribution in [2.45, 2.75) is 63.4 Å². The molecule has 1 spiro atoms. The van der Waals surface area contributed by atoms with Crippen LogP contribution in [0.1, 0.15) is 73.0 Å². The number of pyridine rings is 1. The van der Waals surface area contributed by atoms with Crippen LogP contribution in [-0.2, 0) is 16.3 Å². The second-order valence-electron chi connectivity index (χ2n) is 8.30. The maximum atomic E-state index is 12.2. The lowest BCUT2D eigenvalue weighted by Gasteiger charge is -2.22. The van der Waals surface area contributed by atoms with E-state index in [0.717, 1.165) is 49.8 Å². The molecule has 0 unspecified atom stereocenters. The average molecular weight is 391 g/mol. The van der Waals surface area contributed by atoms with Crippen LogP contribution in [0.3, 0.4) is 0 Å². The van der Waals surface area contributed by atoms with Gasteiger partial charge < -0.3 is 10.5 Å². The SMILES string of the molecule is C[C@@H](/C=C(\C1CC1)S(C)(=O)=O)c1ncc(C(N)=O)c2c1CC1(CCCC1)O2. The number of sulfone groups is 1. The van der Waals surface area contributed by atoms with Crippen LogP contribution in [0.15, 0.2) is 17.2 Å². The van der Waals surface area contributed by atoms with Gasteiger partial charge in [0.05, 0.1) is 11.3 Å². The Morgan fingerprint density at radius 3 is 2.59 bits per heavy atom. The van der Waals surface area contributed by atoms with Crippen molar-refractivity contribution in [2.75, 3.05) is 6.26 Å². The Labute approximate surface area is 160 Å². The monoisotopic (exact) mass is 390 g/mol. The molecule has 146 valence electrons. The first-order valence-corrected chi connectivity index (χ1v) is 11.5. The summed E-state index contributed by atoms with van der Waals surface area (Å²) in [6.45, 7) is 1.96. The fourth-order valence-electron chi connectivity index (χ4n) is 4.53. The Morgan fingerprint density at radius 1 is 1.37 bits per heavy atom. The Bertz CT molecular complexity index is 926. The minimum atomic E-state index is -3.23. The molecule has 1 aromatic heterocycles. The number of rotatable bonds is 5. The molecule has 1 aliphatic heterocycles. The number of fused-ring (bicyclic) bond motifs is 1. The second-order valence-corrected chi connectivity index (χ2v) is 10.3. The minimum Gasteiger partial charge on any atom is -0.486 e. The standard InChI is InChI=1S/C20H26N2O4S/c1-12(9-16(13-5-6-13)27(2,24)25)17-14-10-20(7-3-4-8-20)26-18(14)15(11-22-17)19(21)23/h9,11-13H,3-8,10H2,1-2H3,(H2,21,23)/b16-9+/t12-/m0/s1. The number of hydrogen-bond acceptors (Lipinski definition) is 5. The van der Waals surface area contributed by atoms with Crippen LogP contribution in [0.5, 0.6) is 5.75 Å². The van der Waals surface area contributed by atoms with E-state index >= 15 is 0 Å². The number of aromatic nitrogens is 1. The van der Waals surface area contributed by atoms with Gasteiger partial charge in [0.15, 0.2) is 9.84 Å². The first-order valence-electron chi connectivity index (χ1n) is 9.62. The van der Waals surface area contributed by atoms with Crippen LogP contribution in [-0.4, -0.2) is 31.2 Å². The number of ether oxygens (including phenoxy) is 1. The molecule has 0 radical (unpaired) electrons. The Kier molecular flexibility index (Phi) is 4.33. The van der Waals surface area contributed by atoms with Gasteiger partial charge >= 0.3 is 0 Å². The van der Waals surface area contributed by atoms with Gasteiger partial charge in [0.1, 0.15) is 11.4 Å². The van der Waals surface area contributed by atoms with Gasteiger partial charge in [0.2, 0.25) is 0 Å². The van der Waals surface area contributed by atoms with Crippen molar-refractivity contribution in [2.24, 2.45) is 11.7 Å². The highest BCUT2D eigenvalue weighted by atomic mass is 32.2. The fourth-order valence-corrected chi connectivity index (χ4v) is 5.83. The predicted octanol–water partition coefficient (Wildman–Crippen LogP) is 2.87. The van der Waals surface area contributed by atoms with Crippen molar-refractivity contribution in [3.05, 3.63) is 34.0 Å². The first kappa shape index (κ1) is 18.5. The normalized spacial score (nSPS) is 22.5. The molecule has 27 heavy (non-hydrogen) atoms. The Hall–Kier alpha value is -1.89. The van der Waals surface area contributed by atoms with Gasteiger partial charge in [0.25, 0.3) is 5.91 Å². The minimum absolute atomic E-state index is 0.137. The number of amides is 1. The number of carbonyl (C=O) groups excluding carboxylic acids is 1. The van der Waals surface area contributed by atoms with Gasteiger partial charge in [-0.25, -0.2) is 8.42 Å². The average Bonchev–Trinajstić information content (AvgIpc) is 3.20. The summed E-state index contributed by atoms with van der Waals surface area (Å²) < 4.78 is 30.7. The number of carbonyl (C=O) groups is 1. The van der Waals surface area contributed by atoms with Crippen molar-refractivity contribution >= 4 is 15.7 Å². The molecule has 6 nitrogen and oxygen atoms in total. The van der Waals surface area contributed by atoms with E-state index in [0.29, 0.717) is 22.6 Å². The third-order valence-corrected chi connectivity index (χ3v) is 7.34. The number of hydrogen-bond donors (Lipinski definition) is 1. The molecule has 2 saturated carbocycles.